The van der Waals surface area contributed by atoms with E-state index in [-0.39, 0.29) is 12.0 Å². The Morgan fingerprint density at radius 3 is 2.00 bits per heavy atom. The molecule has 2 aromatic rings. The summed E-state index contributed by atoms with van der Waals surface area (Å²) < 4.78 is 66.3. The number of rotatable bonds is 2. The molecule has 0 aliphatic heterocycles. The van der Waals surface area contributed by atoms with Crippen molar-refractivity contribution >= 4 is 0 Å². The van der Waals surface area contributed by atoms with Gasteiger partial charge in [0.25, 0.3) is 0 Å². The zero-order valence-corrected chi connectivity index (χ0v) is 9.72. The van der Waals surface area contributed by atoms with Crippen LogP contribution in [0.1, 0.15) is 5.56 Å². The van der Waals surface area contributed by atoms with Crippen LogP contribution in [0.2, 0.25) is 0 Å². The number of nitriles is 1. The van der Waals surface area contributed by atoms with Gasteiger partial charge < -0.3 is 0 Å². The van der Waals surface area contributed by atoms with Gasteiger partial charge in [0, 0.05) is 18.0 Å². The monoisotopic (exact) mass is 284 g/mol. The summed E-state index contributed by atoms with van der Waals surface area (Å²) in [6.45, 7) is 0. The molecule has 102 valence electrons. The van der Waals surface area contributed by atoms with Crippen LogP contribution in [0.3, 0.4) is 0 Å². The molecule has 0 unspecified atom stereocenters. The molecule has 0 fully saturated rings. The molecular formula is C13H5F5N2. The second-order valence-corrected chi connectivity index (χ2v) is 3.86. The summed E-state index contributed by atoms with van der Waals surface area (Å²) in [4.78, 5) is 3.62. The van der Waals surface area contributed by atoms with E-state index >= 15 is 0 Å². The van der Waals surface area contributed by atoms with E-state index in [1.165, 1.54) is 6.20 Å². The molecular weight excluding hydrogens is 279 g/mol. The van der Waals surface area contributed by atoms with Gasteiger partial charge in [0.1, 0.15) is 0 Å². The topological polar surface area (TPSA) is 36.7 Å². The Morgan fingerprint density at radius 2 is 1.45 bits per heavy atom. The lowest BCUT2D eigenvalue weighted by Gasteiger charge is -2.08. The first kappa shape index (κ1) is 13.9. The minimum absolute atomic E-state index is 0.101. The molecule has 1 aromatic heterocycles. The van der Waals surface area contributed by atoms with Crippen molar-refractivity contribution in [3.05, 3.63) is 53.1 Å². The number of aromatic nitrogens is 1. The number of nitrogens with zero attached hydrogens (tertiary/aromatic N) is 2. The Morgan fingerprint density at radius 1 is 0.900 bits per heavy atom. The molecule has 0 N–H and O–H groups in total. The summed E-state index contributed by atoms with van der Waals surface area (Å²) in [6, 6.07) is 2.94. The zero-order chi connectivity index (χ0) is 14.9. The molecule has 0 aliphatic rings. The molecule has 20 heavy (non-hydrogen) atoms. The van der Waals surface area contributed by atoms with Gasteiger partial charge >= 0.3 is 0 Å². The van der Waals surface area contributed by atoms with Crippen LogP contribution in [0, 0.1) is 40.4 Å². The molecule has 0 amide bonds. The van der Waals surface area contributed by atoms with Gasteiger partial charge in [-0.25, -0.2) is 22.0 Å². The number of pyridine rings is 1. The summed E-state index contributed by atoms with van der Waals surface area (Å²) in [7, 11) is 0. The second kappa shape index (κ2) is 5.25. The Hall–Kier alpha value is -2.49. The third-order valence-electron chi connectivity index (χ3n) is 2.58. The lowest BCUT2D eigenvalue weighted by atomic mass is 10.0. The van der Waals surface area contributed by atoms with Crippen LogP contribution in [-0.2, 0) is 6.42 Å². The normalized spacial score (nSPS) is 10.4. The van der Waals surface area contributed by atoms with Gasteiger partial charge in [-0.05, 0) is 11.6 Å². The van der Waals surface area contributed by atoms with Crippen molar-refractivity contribution in [3.63, 3.8) is 0 Å². The average molecular weight is 284 g/mol. The zero-order valence-electron chi connectivity index (χ0n) is 9.72. The standard InChI is InChI=1S/C13H5F5N2/c14-9-8(10(15)12(17)13(18)11(9)16)7-3-6(1-2-19)4-20-5-7/h3-5H,1H2. The maximum absolute atomic E-state index is 13.6. The first-order valence-corrected chi connectivity index (χ1v) is 5.30. The fraction of sp³-hybridized carbons (Fsp3) is 0.0769. The average Bonchev–Trinajstić information content (AvgIpc) is 2.44. The molecule has 0 saturated carbocycles. The number of hydrogen-bond donors (Lipinski definition) is 0. The van der Waals surface area contributed by atoms with Crippen LogP contribution < -0.4 is 0 Å². The first-order valence-electron chi connectivity index (χ1n) is 5.30. The summed E-state index contributed by atoms with van der Waals surface area (Å²) in [5.41, 5.74) is -1.05. The number of hydrogen-bond acceptors (Lipinski definition) is 2. The lowest BCUT2D eigenvalue weighted by Crippen LogP contribution is -2.04. The van der Waals surface area contributed by atoms with E-state index in [0.717, 1.165) is 12.3 Å². The van der Waals surface area contributed by atoms with Gasteiger partial charge in [-0.2, -0.15) is 5.26 Å². The second-order valence-electron chi connectivity index (χ2n) is 3.86. The van der Waals surface area contributed by atoms with Crippen LogP contribution >= 0.6 is 0 Å². The molecule has 0 spiro atoms. The summed E-state index contributed by atoms with van der Waals surface area (Å²) in [5, 5.41) is 8.52. The van der Waals surface area contributed by atoms with Gasteiger partial charge in [0.15, 0.2) is 23.3 Å². The predicted octanol–water partition coefficient (Wildman–Crippen LogP) is 3.51. The van der Waals surface area contributed by atoms with E-state index in [1.807, 2.05) is 0 Å². The van der Waals surface area contributed by atoms with Crippen LogP contribution in [-0.4, -0.2) is 4.98 Å². The van der Waals surface area contributed by atoms with E-state index in [1.54, 1.807) is 6.07 Å². The highest BCUT2D eigenvalue weighted by atomic mass is 19.2. The molecule has 0 radical (unpaired) electrons. The van der Waals surface area contributed by atoms with Gasteiger partial charge in [-0.15, -0.1) is 0 Å². The van der Waals surface area contributed by atoms with E-state index < -0.39 is 34.6 Å². The number of benzene rings is 1. The van der Waals surface area contributed by atoms with Crippen molar-refractivity contribution in [2.75, 3.05) is 0 Å². The SMILES string of the molecule is N#CCc1cncc(-c2c(F)c(F)c(F)c(F)c2F)c1. The van der Waals surface area contributed by atoms with Gasteiger partial charge in [0.05, 0.1) is 18.1 Å². The van der Waals surface area contributed by atoms with E-state index in [2.05, 4.69) is 4.98 Å². The van der Waals surface area contributed by atoms with Gasteiger partial charge in [0.2, 0.25) is 5.82 Å². The molecule has 0 saturated heterocycles. The fourth-order valence-electron chi connectivity index (χ4n) is 1.67. The fourth-order valence-corrected chi connectivity index (χ4v) is 1.67. The van der Waals surface area contributed by atoms with Crippen LogP contribution in [0.25, 0.3) is 11.1 Å². The molecule has 1 heterocycles. The van der Waals surface area contributed by atoms with Gasteiger partial charge in [-0.1, -0.05) is 0 Å². The third kappa shape index (κ3) is 2.20. The Bertz CT molecular complexity index is 692. The highest BCUT2D eigenvalue weighted by molar-refractivity contribution is 5.65. The molecule has 2 nitrogen and oxygen atoms in total. The van der Waals surface area contributed by atoms with Gasteiger partial charge in [-0.3, -0.25) is 4.98 Å². The highest BCUT2D eigenvalue weighted by Crippen LogP contribution is 2.31. The summed E-state index contributed by atoms with van der Waals surface area (Å²) >= 11 is 0. The quantitative estimate of drug-likeness (QED) is 0.480. The molecule has 1 aromatic carbocycles. The molecule has 0 atom stereocenters. The minimum atomic E-state index is -2.22. The predicted molar refractivity (Wildman–Crippen MR) is 58.8 cm³/mol. The van der Waals surface area contributed by atoms with Crippen molar-refractivity contribution in [2.24, 2.45) is 0 Å². The molecule has 7 heteroatoms. The Kier molecular flexibility index (Phi) is 3.66. The maximum atomic E-state index is 13.6. The smallest absolute Gasteiger partial charge is 0.200 e. The van der Waals surface area contributed by atoms with Crippen molar-refractivity contribution in [1.82, 2.24) is 4.98 Å². The largest absolute Gasteiger partial charge is 0.264 e. The highest BCUT2D eigenvalue weighted by Gasteiger charge is 2.26. The van der Waals surface area contributed by atoms with Crippen molar-refractivity contribution in [3.8, 4) is 17.2 Å². The Labute approximate surface area is 110 Å². The lowest BCUT2D eigenvalue weighted by molar-refractivity contribution is 0.381. The summed E-state index contributed by atoms with van der Waals surface area (Å²) in [5.74, 6) is -10.1. The summed E-state index contributed by atoms with van der Waals surface area (Å²) in [6.07, 6.45) is 2.12. The van der Waals surface area contributed by atoms with Crippen molar-refractivity contribution < 1.29 is 22.0 Å². The molecule has 0 bridgehead atoms. The molecule has 2 rings (SSSR count). The van der Waals surface area contributed by atoms with Crippen molar-refractivity contribution in [1.29, 1.82) is 5.26 Å². The number of halogens is 5. The molecule has 0 aliphatic carbocycles. The van der Waals surface area contributed by atoms with E-state index in [9.17, 15) is 22.0 Å². The van der Waals surface area contributed by atoms with Crippen LogP contribution in [0.15, 0.2) is 18.5 Å². The third-order valence-corrected chi connectivity index (χ3v) is 2.58. The first-order chi connectivity index (χ1) is 9.47. The minimum Gasteiger partial charge on any atom is -0.264 e. The van der Waals surface area contributed by atoms with Crippen LogP contribution in [0.5, 0.6) is 0 Å². The van der Waals surface area contributed by atoms with Crippen molar-refractivity contribution in [2.45, 2.75) is 6.42 Å². The Balaban J connectivity index is 2.70. The van der Waals surface area contributed by atoms with E-state index in [0.29, 0.717) is 5.56 Å². The maximum Gasteiger partial charge on any atom is 0.200 e. The van der Waals surface area contributed by atoms with Crippen LogP contribution in [0.4, 0.5) is 22.0 Å². The van der Waals surface area contributed by atoms with E-state index in [4.69, 9.17) is 5.26 Å².